The smallest absolute Gasteiger partial charge is 0.254 e. The number of halogens is 2. The molecule has 0 aliphatic heterocycles. The van der Waals surface area contributed by atoms with Gasteiger partial charge >= 0.3 is 0 Å². The van der Waals surface area contributed by atoms with E-state index in [1.165, 1.54) is 16.8 Å². The maximum absolute atomic E-state index is 12.6. The number of rotatable bonds is 7. The molecule has 144 valence electrons. The van der Waals surface area contributed by atoms with Crippen molar-refractivity contribution in [2.45, 2.75) is 25.4 Å². The topological polar surface area (TPSA) is 61.2 Å². The fraction of sp³-hybridized carbons (Fsp3) is 0.190. The molecule has 3 aromatic rings. The van der Waals surface area contributed by atoms with Crippen molar-refractivity contribution < 1.29 is 9.53 Å². The first kappa shape index (κ1) is 20.3. The monoisotopic (exact) mass is 460 g/mol. The van der Waals surface area contributed by atoms with E-state index < -0.39 is 0 Å². The number of ketones is 1. The summed E-state index contributed by atoms with van der Waals surface area (Å²) in [5, 5.41) is 1.28. The van der Waals surface area contributed by atoms with Gasteiger partial charge in [0.1, 0.15) is 12.4 Å². The number of aromatic nitrogens is 2. The zero-order chi connectivity index (χ0) is 20.1. The van der Waals surface area contributed by atoms with Crippen molar-refractivity contribution in [1.82, 2.24) is 9.55 Å². The maximum atomic E-state index is 12.6. The lowest BCUT2D eigenvalue weighted by molar-refractivity contribution is 0.0970. The van der Waals surface area contributed by atoms with E-state index in [1.807, 2.05) is 19.1 Å². The Hall–Kier alpha value is -2.44. The van der Waals surface area contributed by atoms with Crippen molar-refractivity contribution in [3.05, 3.63) is 92.6 Å². The molecule has 1 aromatic carbocycles. The second-order valence-electron chi connectivity index (χ2n) is 6.29. The molecule has 0 spiro atoms. The molecule has 2 heterocycles. The van der Waals surface area contributed by atoms with Crippen LogP contribution in [0.3, 0.4) is 0 Å². The van der Waals surface area contributed by atoms with E-state index in [4.69, 9.17) is 16.3 Å². The SMILES string of the molecule is Cc1cc(CBr)ccc1C(=O)Cn1ccc(OCc2ccc(Cl)cn2)cc1=O. The molecule has 0 unspecified atom stereocenters. The van der Waals surface area contributed by atoms with Gasteiger partial charge < -0.3 is 9.30 Å². The number of Topliss-reactive ketones (excluding diaryl/α,β-unsaturated/α-hetero) is 1. The van der Waals surface area contributed by atoms with E-state index >= 15 is 0 Å². The number of hydrogen-bond donors (Lipinski definition) is 0. The molecule has 0 fully saturated rings. The Labute approximate surface area is 176 Å². The molecule has 0 atom stereocenters. The second-order valence-corrected chi connectivity index (χ2v) is 7.29. The van der Waals surface area contributed by atoms with Crippen LogP contribution in [0.1, 0.15) is 27.2 Å². The van der Waals surface area contributed by atoms with Crippen molar-refractivity contribution in [2.75, 3.05) is 0 Å². The third kappa shape index (κ3) is 5.09. The zero-order valence-corrected chi connectivity index (χ0v) is 17.5. The van der Waals surface area contributed by atoms with Gasteiger partial charge in [-0.15, -0.1) is 0 Å². The average Bonchev–Trinajstić information content (AvgIpc) is 2.69. The summed E-state index contributed by atoms with van der Waals surface area (Å²) >= 11 is 9.20. The Bertz CT molecular complexity index is 1050. The van der Waals surface area contributed by atoms with Gasteiger partial charge in [-0.3, -0.25) is 14.6 Å². The number of hydrogen-bond acceptors (Lipinski definition) is 4. The molecular formula is C21H18BrClN2O3. The Morgan fingerprint density at radius 3 is 2.68 bits per heavy atom. The maximum Gasteiger partial charge on any atom is 0.254 e. The second kappa shape index (κ2) is 9.17. The first-order valence-corrected chi connectivity index (χ1v) is 10.1. The number of pyridine rings is 2. The van der Waals surface area contributed by atoms with Crippen LogP contribution in [0.2, 0.25) is 5.02 Å². The largest absolute Gasteiger partial charge is 0.487 e. The minimum atomic E-state index is -0.301. The minimum absolute atomic E-state index is 0.0215. The van der Waals surface area contributed by atoms with Crippen molar-refractivity contribution in [3.63, 3.8) is 0 Å². The Balaban J connectivity index is 1.67. The van der Waals surface area contributed by atoms with E-state index in [9.17, 15) is 9.59 Å². The highest BCUT2D eigenvalue weighted by Crippen LogP contribution is 2.15. The number of benzene rings is 1. The van der Waals surface area contributed by atoms with E-state index in [0.717, 1.165) is 16.5 Å². The van der Waals surface area contributed by atoms with Crippen LogP contribution in [0.25, 0.3) is 0 Å². The standard InChI is InChI=1S/C21H18BrClN2O3/c1-14-8-15(10-22)2-5-19(14)20(26)12-25-7-6-18(9-21(25)27)28-13-17-4-3-16(23)11-24-17/h2-9,11H,10,12-13H2,1H3. The Morgan fingerprint density at radius 1 is 1.21 bits per heavy atom. The first-order valence-electron chi connectivity index (χ1n) is 8.58. The Kier molecular flexibility index (Phi) is 6.65. The molecule has 3 rings (SSSR count). The lowest BCUT2D eigenvalue weighted by Gasteiger charge is -2.10. The molecule has 0 aliphatic rings. The number of alkyl halides is 1. The molecule has 0 aliphatic carbocycles. The summed E-state index contributed by atoms with van der Waals surface area (Å²) in [7, 11) is 0. The van der Waals surface area contributed by atoms with Gasteiger partial charge in [0.25, 0.3) is 5.56 Å². The molecule has 2 aromatic heterocycles. The van der Waals surface area contributed by atoms with Gasteiger partial charge in [0.05, 0.1) is 17.3 Å². The molecule has 0 radical (unpaired) electrons. The summed E-state index contributed by atoms with van der Waals surface area (Å²) < 4.78 is 6.96. The summed E-state index contributed by atoms with van der Waals surface area (Å²) in [6, 6.07) is 12.2. The number of nitrogens with zero attached hydrogens (tertiary/aromatic N) is 2. The van der Waals surface area contributed by atoms with Crippen LogP contribution in [0.15, 0.2) is 59.7 Å². The van der Waals surface area contributed by atoms with Gasteiger partial charge in [0, 0.05) is 29.4 Å². The highest BCUT2D eigenvalue weighted by molar-refractivity contribution is 9.08. The lowest BCUT2D eigenvalue weighted by atomic mass is 10.0. The van der Waals surface area contributed by atoms with E-state index in [2.05, 4.69) is 20.9 Å². The lowest BCUT2D eigenvalue weighted by Crippen LogP contribution is -2.23. The fourth-order valence-electron chi connectivity index (χ4n) is 2.72. The van der Waals surface area contributed by atoms with Crippen molar-refractivity contribution in [3.8, 4) is 5.75 Å². The van der Waals surface area contributed by atoms with Crippen molar-refractivity contribution in [1.29, 1.82) is 0 Å². The van der Waals surface area contributed by atoms with Gasteiger partial charge in [-0.25, -0.2) is 0 Å². The molecule has 7 heteroatoms. The number of carbonyl (C=O) groups excluding carboxylic acids is 1. The molecule has 5 nitrogen and oxygen atoms in total. The molecule has 0 N–H and O–H groups in total. The van der Waals surface area contributed by atoms with Crippen LogP contribution < -0.4 is 10.3 Å². The summed E-state index contributed by atoms with van der Waals surface area (Å²) in [4.78, 5) is 29.1. The molecular weight excluding hydrogens is 444 g/mol. The first-order chi connectivity index (χ1) is 13.5. The van der Waals surface area contributed by atoms with Crippen molar-refractivity contribution in [2.24, 2.45) is 0 Å². The predicted molar refractivity (Wildman–Crippen MR) is 112 cm³/mol. The van der Waals surface area contributed by atoms with Crippen LogP contribution >= 0.6 is 27.5 Å². The van der Waals surface area contributed by atoms with E-state index in [-0.39, 0.29) is 24.5 Å². The van der Waals surface area contributed by atoms with Gasteiger partial charge in [0.15, 0.2) is 5.78 Å². The molecule has 0 amide bonds. The normalized spacial score (nSPS) is 10.7. The highest BCUT2D eigenvalue weighted by atomic mass is 79.9. The van der Waals surface area contributed by atoms with Crippen LogP contribution in [0, 0.1) is 6.92 Å². The third-order valence-electron chi connectivity index (χ3n) is 4.20. The highest BCUT2D eigenvalue weighted by Gasteiger charge is 2.11. The Morgan fingerprint density at radius 2 is 2.04 bits per heavy atom. The molecule has 0 bridgehead atoms. The van der Waals surface area contributed by atoms with Gasteiger partial charge in [-0.2, -0.15) is 0 Å². The summed E-state index contributed by atoms with van der Waals surface area (Å²) in [5.41, 5.74) is 3.01. The fourth-order valence-corrected chi connectivity index (χ4v) is 3.18. The third-order valence-corrected chi connectivity index (χ3v) is 5.07. The summed E-state index contributed by atoms with van der Waals surface area (Å²) in [6.45, 7) is 2.09. The number of aryl methyl sites for hydroxylation is 1. The molecule has 28 heavy (non-hydrogen) atoms. The van der Waals surface area contributed by atoms with Crippen LogP contribution in [0.5, 0.6) is 5.75 Å². The average molecular weight is 462 g/mol. The molecule has 0 saturated heterocycles. The number of ether oxygens (including phenoxy) is 1. The molecule has 0 saturated carbocycles. The minimum Gasteiger partial charge on any atom is -0.487 e. The number of carbonyl (C=O) groups is 1. The zero-order valence-electron chi connectivity index (χ0n) is 15.2. The summed E-state index contributed by atoms with van der Waals surface area (Å²) in [6.07, 6.45) is 3.10. The van der Waals surface area contributed by atoms with Crippen LogP contribution in [-0.4, -0.2) is 15.3 Å². The predicted octanol–water partition coefficient (Wildman–Crippen LogP) is 4.56. The van der Waals surface area contributed by atoms with Gasteiger partial charge in [0.2, 0.25) is 0 Å². The van der Waals surface area contributed by atoms with Gasteiger partial charge in [-0.05, 0) is 36.2 Å². The van der Waals surface area contributed by atoms with E-state index in [0.29, 0.717) is 22.0 Å². The van der Waals surface area contributed by atoms with Gasteiger partial charge in [-0.1, -0.05) is 45.7 Å². The quantitative estimate of drug-likeness (QED) is 0.382. The summed E-state index contributed by atoms with van der Waals surface area (Å²) in [5.74, 6) is 0.308. The van der Waals surface area contributed by atoms with Crippen LogP contribution in [0.4, 0.5) is 0 Å². The van der Waals surface area contributed by atoms with Crippen LogP contribution in [-0.2, 0) is 18.5 Å². The van der Waals surface area contributed by atoms with E-state index in [1.54, 1.807) is 30.5 Å². The van der Waals surface area contributed by atoms with Crippen molar-refractivity contribution >= 4 is 33.3 Å².